The molecule has 0 aliphatic carbocycles. The van der Waals surface area contributed by atoms with Crippen LogP contribution in [0.5, 0.6) is 0 Å². The van der Waals surface area contributed by atoms with Crippen LogP contribution in [0, 0.1) is 0 Å². The van der Waals surface area contributed by atoms with Gasteiger partial charge in [0.2, 0.25) is 11.8 Å². The lowest BCUT2D eigenvalue weighted by molar-refractivity contribution is -0.122. The first-order chi connectivity index (χ1) is 15.1. The first-order valence-electron chi connectivity index (χ1n) is 10.7. The van der Waals surface area contributed by atoms with E-state index in [2.05, 4.69) is 10.6 Å². The number of carbonyl (C=O) groups is 2. The average Bonchev–Trinajstić information content (AvgIpc) is 3.24. The van der Waals surface area contributed by atoms with Crippen LogP contribution in [-0.4, -0.2) is 24.4 Å². The van der Waals surface area contributed by atoms with Crippen LogP contribution in [0.1, 0.15) is 36.9 Å². The van der Waals surface area contributed by atoms with Crippen molar-refractivity contribution in [3.63, 3.8) is 0 Å². The third-order valence-electron chi connectivity index (χ3n) is 5.56. The highest BCUT2D eigenvalue weighted by atomic mass is 16.2. The van der Waals surface area contributed by atoms with Gasteiger partial charge in [0, 0.05) is 24.3 Å². The summed E-state index contributed by atoms with van der Waals surface area (Å²) in [7, 11) is 0. The van der Waals surface area contributed by atoms with Crippen LogP contribution >= 0.6 is 0 Å². The molecule has 0 unspecified atom stereocenters. The molecule has 0 saturated carbocycles. The molecule has 2 amide bonds. The van der Waals surface area contributed by atoms with Crippen molar-refractivity contribution < 1.29 is 9.59 Å². The summed E-state index contributed by atoms with van der Waals surface area (Å²) in [5.74, 6) is 0.0527. The van der Waals surface area contributed by atoms with E-state index in [1.165, 1.54) is 0 Å². The number of amides is 2. The van der Waals surface area contributed by atoms with Gasteiger partial charge in [-0.05, 0) is 42.7 Å². The normalized spacial score (nSPS) is 14.5. The zero-order valence-corrected chi connectivity index (χ0v) is 17.6. The molecule has 3 aromatic carbocycles. The summed E-state index contributed by atoms with van der Waals surface area (Å²) in [6, 6.07) is 26.9. The highest BCUT2D eigenvalue weighted by molar-refractivity contribution is 5.95. The summed E-state index contributed by atoms with van der Waals surface area (Å²) in [5.41, 5.74) is 3.75. The van der Waals surface area contributed by atoms with E-state index in [0.29, 0.717) is 6.42 Å². The van der Waals surface area contributed by atoms with Gasteiger partial charge < -0.3 is 15.5 Å². The van der Waals surface area contributed by atoms with Crippen molar-refractivity contribution in [3.05, 3.63) is 96.1 Å². The number of nitrogens with zero attached hydrogens (tertiary/aromatic N) is 1. The Bertz CT molecular complexity index is 997. The average molecular weight is 414 g/mol. The molecule has 0 radical (unpaired) electrons. The Labute approximate surface area is 183 Å². The van der Waals surface area contributed by atoms with Crippen molar-refractivity contribution in [2.24, 2.45) is 0 Å². The van der Waals surface area contributed by atoms with E-state index in [1.54, 1.807) is 4.90 Å². The molecule has 2 N–H and O–H groups in total. The predicted molar refractivity (Wildman–Crippen MR) is 124 cm³/mol. The number of rotatable bonds is 7. The highest BCUT2D eigenvalue weighted by Gasteiger charge is 2.23. The molecular weight excluding hydrogens is 386 g/mol. The van der Waals surface area contributed by atoms with Gasteiger partial charge in [-0.15, -0.1) is 0 Å². The molecule has 0 aromatic heterocycles. The quantitative estimate of drug-likeness (QED) is 0.599. The molecule has 4 rings (SSSR count). The van der Waals surface area contributed by atoms with Crippen molar-refractivity contribution in [1.29, 1.82) is 0 Å². The van der Waals surface area contributed by atoms with Crippen LogP contribution in [0.15, 0.2) is 84.9 Å². The first-order valence-corrected chi connectivity index (χ1v) is 10.7. The van der Waals surface area contributed by atoms with Crippen molar-refractivity contribution in [2.75, 3.05) is 16.8 Å². The minimum Gasteiger partial charge on any atom is -0.374 e. The molecular formula is C26H27N3O2. The molecule has 0 bridgehead atoms. The number of hydrogen-bond donors (Lipinski definition) is 2. The van der Waals surface area contributed by atoms with Crippen LogP contribution < -0.4 is 15.5 Å². The Balaban J connectivity index is 1.48. The van der Waals surface area contributed by atoms with E-state index < -0.39 is 6.04 Å². The fraction of sp³-hybridized carbons (Fsp3) is 0.231. The smallest absolute Gasteiger partial charge is 0.242 e. The summed E-state index contributed by atoms with van der Waals surface area (Å²) < 4.78 is 0. The van der Waals surface area contributed by atoms with Crippen molar-refractivity contribution in [3.8, 4) is 0 Å². The second-order valence-electron chi connectivity index (χ2n) is 7.83. The topological polar surface area (TPSA) is 61.4 Å². The minimum absolute atomic E-state index is 0.0969. The van der Waals surface area contributed by atoms with Crippen LogP contribution in [0.2, 0.25) is 0 Å². The van der Waals surface area contributed by atoms with E-state index in [4.69, 9.17) is 0 Å². The van der Waals surface area contributed by atoms with E-state index in [0.717, 1.165) is 35.5 Å². The van der Waals surface area contributed by atoms with Gasteiger partial charge in [0.05, 0.1) is 6.04 Å². The number of carbonyl (C=O) groups excluding carboxylic acids is 2. The second kappa shape index (κ2) is 9.47. The van der Waals surface area contributed by atoms with Gasteiger partial charge in [-0.2, -0.15) is 0 Å². The molecule has 31 heavy (non-hydrogen) atoms. The van der Waals surface area contributed by atoms with Crippen LogP contribution in [0.25, 0.3) is 0 Å². The Morgan fingerprint density at radius 1 is 0.903 bits per heavy atom. The Morgan fingerprint density at radius 2 is 1.55 bits per heavy atom. The van der Waals surface area contributed by atoms with E-state index >= 15 is 0 Å². The fourth-order valence-corrected chi connectivity index (χ4v) is 3.92. The zero-order chi connectivity index (χ0) is 21.6. The molecule has 3 aromatic rings. The Morgan fingerprint density at radius 3 is 2.13 bits per heavy atom. The Kier molecular flexibility index (Phi) is 6.32. The maximum atomic E-state index is 13.1. The summed E-state index contributed by atoms with van der Waals surface area (Å²) in [4.78, 5) is 26.9. The number of benzene rings is 3. The van der Waals surface area contributed by atoms with Gasteiger partial charge in [0.15, 0.2) is 0 Å². The first kappa shape index (κ1) is 20.7. The van der Waals surface area contributed by atoms with E-state index in [-0.39, 0.29) is 17.9 Å². The molecule has 158 valence electrons. The van der Waals surface area contributed by atoms with Gasteiger partial charge in [-0.25, -0.2) is 0 Å². The molecule has 5 heteroatoms. The largest absolute Gasteiger partial charge is 0.374 e. The Hall–Kier alpha value is -3.60. The van der Waals surface area contributed by atoms with Gasteiger partial charge in [0.1, 0.15) is 6.04 Å². The number of nitrogens with one attached hydrogen (secondary N) is 2. The van der Waals surface area contributed by atoms with Crippen LogP contribution in [0.3, 0.4) is 0 Å². The maximum Gasteiger partial charge on any atom is 0.242 e. The third kappa shape index (κ3) is 4.94. The summed E-state index contributed by atoms with van der Waals surface area (Å²) in [6.45, 7) is 2.59. The summed E-state index contributed by atoms with van der Waals surface area (Å²) in [6.07, 6.45) is 1.48. The monoisotopic (exact) mass is 413 g/mol. The standard InChI is InChI=1S/C26H27N3O2/c1-19(27-22-14-8-15-23(18-22)29-17-9-16-24(29)30)26(31)28-25(20-10-4-2-5-11-20)21-12-6-3-7-13-21/h2-8,10-15,18-19,25,27H,9,16-17H2,1H3,(H,28,31)/t19-/m0/s1. The third-order valence-corrected chi connectivity index (χ3v) is 5.56. The van der Waals surface area contributed by atoms with E-state index in [1.807, 2.05) is 91.9 Å². The van der Waals surface area contributed by atoms with Gasteiger partial charge >= 0.3 is 0 Å². The fourth-order valence-electron chi connectivity index (χ4n) is 3.92. The van der Waals surface area contributed by atoms with Gasteiger partial charge in [-0.1, -0.05) is 66.7 Å². The van der Waals surface area contributed by atoms with E-state index in [9.17, 15) is 9.59 Å². The predicted octanol–water partition coefficient (Wildman–Crippen LogP) is 4.52. The maximum absolute atomic E-state index is 13.1. The molecule has 1 saturated heterocycles. The lowest BCUT2D eigenvalue weighted by Crippen LogP contribution is -2.40. The lowest BCUT2D eigenvalue weighted by Gasteiger charge is -2.23. The molecule has 1 heterocycles. The molecule has 1 aliphatic rings. The molecule has 1 fully saturated rings. The zero-order valence-electron chi connectivity index (χ0n) is 17.6. The number of anilines is 2. The molecule has 1 atom stereocenters. The number of hydrogen-bond acceptors (Lipinski definition) is 3. The highest BCUT2D eigenvalue weighted by Crippen LogP contribution is 2.25. The summed E-state index contributed by atoms with van der Waals surface area (Å²) in [5, 5.41) is 6.46. The molecule has 1 aliphatic heterocycles. The van der Waals surface area contributed by atoms with Crippen molar-refractivity contribution in [2.45, 2.75) is 31.8 Å². The lowest BCUT2D eigenvalue weighted by atomic mass is 9.98. The molecule has 0 spiro atoms. The van der Waals surface area contributed by atoms with Crippen molar-refractivity contribution >= 4 is 23.2 Å². The summed E-state index contributed by atoms with van der Waals surface area (Å²) >= 11 is 0. The minimum atomic E-state index is -0.445. The SMILES string of the molecule is C[C@H](Nc1cccc(N2CCCC2=O)c1)C(=O)NC(c1ccccc1)c1ccccc1. The van der Waals surface area contributed by atoms with Gasteiger partial charge in [0.25, 0.3) is 0 Å². The van der Waals surface area contributed by atoms with Crippen LogP contribution in [0.4, 0.5) is 11.4 Å². The second-order valence-corrected chi connectivity index (χ2v) is 7.83. The van der Waals surface area contributed by atoms with Gasteiger partial charge in [-0.3, -0.25) is 9.59 Å². The van der Waals surface area contributed by atoms with Crippen molar-refractivity contribution in [1.82, 2.24) is 5.32 Å². The molecule has 5 nitrogen and oxygen atoms in total. The van der Waals surface area contributed by atoms with Crippen LogP contribution in [-0.2, 0) is 9.59 Å².